The smallest absolute Gasteiger partial charge is 0.255 e. The lowest BCUT2D eigenvalue weighted by atomic mass is 9.57. The number of nitrogens with zero attached hydrogens (tertiary/aromatic N) is 2. The number of phenols is 1. The van der Waals surface area contributed by atoms with Crippen molar-refractivity contribution in [1.82, 2.24) is 9.80 Å². The van der Waals surface area contributed by atoms with Gasteiger partial charge in [0.1, 0.15) is 28.6 Å². The van der Waals surface area contributed by atoms with Crippen molar-refractivity contribution in [1.29, 1.82) is 0 Å². The molecule has 4 atom stereocenters. The Morgan fingerprint density at radius 3 is 2.38 bits per heavy atom. The van der Waals surface area contributed by atoms with Gasteiger partial charge in [0.05, 0.1) is 18.7 Å². The second-order valence-corrected chi connectivity index (χ2v) is 11.7. The highest BCUT2D eigenvalue weighted by molar-refractivity contribution is 6.24. The topological polar surface area (TPSA) is 174 Å². The summed E-state index contributed by atoms with van der Waals surface area (Å²) in [6, 6.07) is 7.74. The van der Waals surface area contributed by atoms with E-state index in [4.69, 9.17) is 10.5 Å². The molecule has 2 aromatic rings. The first-order valence-electron chi connectivity index (χ1n) is 13.6. The molecular weight excluding hydrogens is 542 g/mol. The lowest BCUT2D eigenvalue weighted by Crippen LogP contribution is -2.65. The fourth-order valence-corrected chi connectivity index (χ4v) is 6.92. The van der Waals surface area contributed by atoms with Crippen molar-refractivity contribution in [2.45, 2.75) is 31.0 Å². The fraction of sp³-hybridized carbons (Fsp3) is 0.387. The SMILES string of the molecule is COc1ccc(-c2ccc(O)c3c2C[C@@H]2C[C@@H]4[C@H](N(C)C)C(=O)C(C(N)=O)=C(O)[C@]4(O)C(=O)C2=C3O)cc1CN(C)C. The summed E-state index contributed by atoms with van der Waals surface area (Å²) in [5, 5.41) is 45.2. The number of aromatic hydroxyl groups is 1. The zero-order valence-corrected chi connectivity index (χ0v) is 24.1. The van der Waals surface area contributed by atoms with Crippen LogP contribution < -0.4 is 10.5 Å². The molecule has 3 aliphatic carbocycles. The van der Waals surface area contributed by atoms with Gasteiger partial charge in [-0.05, 0) is 81.8 Å². The number of aliphatic hydroxyl groups excluding tert-OH is 2. The third-order valence-corrected chi connectivity index (χ3v) is 8.68. The number of primary amides is 1. The van der Waals surface area contributed by atoms with Gasteiger partial charge in [0.15, 0.2) is 11.4 Å². The quantitative estimate of drug-likeness (QED) is 0.318. The molecule has 1 fully saturated rings. The molecule has 222 valence electrons. The highest BCUT2D eigenvalue weighted by Gasteiger charge is 2.64. The van der Waals surface area contributed by atoms with Crippen LogP contribution in [0.2, 0.25) is 0 Å². The van der Waals surface area contributed by atoms with E-state index in [9.17, 15) is 34.8 Å². The van der Waals surface area contributed by atoms with E-state index < -0.39 is 58.0 Å². The van der Waals surface area contributed by atoms with E-state index >= 15 is 0 Å². The largest absolute Gasteiger partial charge is 0.508 e. The molecule has 0 aliphatic heterocycles. The molecular formula is C31H35N3O8. The van der Waals surface area contributed by atoms with Crippen molar-refractivity contribution < 1.29 is 39.5 Å². The third kappa shape index (κ3) is 4.19. The van der Waals surface area contributed by atoms with Gasteiger partial charge < -0.3 is 35.8 Å². The van der Waals surface area contributed by atoms with Gasteiger partial charge in [0.25, 0.3) is 5.91 Å². The number of aliphatic hydroxyl groups is 3. The number of amides is 1. The number of hydrogen-bond donors (Lipinski definition) is 5. The summed E-state index contributed by atoms with van der Waals surface area (Å²) >= 11 is 0. The van der Waals surface area contributed by atoms with Crippen LogP contribution in [0.15, 0.2) is 47.2 Å². The molecule has 1 saturated carbocycles. The zero-order chi connectivity index (χ0) is 30.8. The first-order chi connectivity index (χ1) is 19.7. The summed E-state index contributed by atoms with van der Waals surface area (Å²) in [4.78, 5) is 43.0. The Hall–Kier alpha value is -4.19. The van der Waals surface area contributed by atoms with Crippen molar-refractivity contribution in [2.75, 3.05) is 35.3 Å². The van der Waals surface area contributed by atoms with E-state index in [-0.39, 0.29) is 29.7 Å². The maximum absolute atomic E-state index is 14.0. The first-order valence-corrected chi connectivity index (χ1v) is 13.6. The molecule has 0 aromatic heterocycles. The van der Waals surface area contributed by atoms with Crippen LogP contribution in [0.1, 0.15) is 23.1 Å². The number of rotatable bonds is 6. The summed E-state index contributed by atoms with van der Waals surface area (Å²) in [7, 11) is 8.61. The number of benzene rings is 2. The number of hydrogen-bond acceptors (Lipinski definition) is 10. The maximum Gasteiger partial charge on any atom is 0.255 e. The number of carbonyl (C=O) groups excluding carboxylic acids is 3. The van der Waals surface area contributed by atoms with Gasteiger partial charge in [-0.15, -0.1) is 0 Å². The van der Waals surface area contributed by atoms with Crippen molar-refractivity contribution in [3.63, 3.8) is 0 Å². The zero-order valence-electron chi connectivity index (χ0n) is 24.1. The lowest BCUT2D eigenvalue weighted by molar-refractivity contribution is -0.153. The average Bonchev–Trinajstić information content (AvgIpc) is 2.90. The van der Waals surface area contributed by atoms with E-state index in [1.807, 2.05) is 37.2 Å². The standard InChI is InChI=1S/C31H35N3O8/c1-33(2)13-16-10-14(6-9-21(16)42-5)17-7-8-20(35)23-18(17)11-15-12-19-25(34(3)4)27(37)24(30(32)40)29(39)31(19,41)28(38)22(15)26(23)36/h6-10,15,19,25,35-36,39,41H,11-13H2,1-5H3,(H2,32,40)/t15-,19-,25+,31-/m1/s1. The predicted octanol–water partition coefficient (Wildman–Crippen LogP) is 1.70. The molecule has 5 rings (SSSR count). The molecule has 0 spiro atoms. The van der Waals surface area contributed by atoms with Crippen molar-refractivity contribution in [3.05, 3.63) is 63.9 Å². The van der Waals surface area contributed by atoms with Gasteiger partial charge in [-0.25, -0.2) is 0 Å². The van der Waals surface area contributed by atoms with Crippen molar-refractivity contribution in [3.8, 4) is 22.6 Å². The number of nitrogens with two attached hydrogens (primary N) is 1. The average molecular weight is 578 g/mol. The summed E-state index contributed by atoms with van der Waals surface area (Å²) in [5.74, 6) is -6.07. The van der Waals surface area contributed by atoms with Gasteiger partial charge in [0.2, 0.25) is 5.78 Å². The molecule has 3 aliphatic rings. The number of Topliss-reactive ketones (excluding diaryl/α,β-unsaturated/α-hetero) is 2. The molecule has 0 unspecified atom stereocenters. The Morgan fingerprint density at radius 2 is 1.79 bits per heavy atom. The highest BCUT2D eigenvalue weighted by Crippen LogP contribution is 2.53. The van der Waals surface area contributed by atoms with Crippen LogP contribution in [0, 0.1) is 11.8 Å². The van der Waals surface area contributed by atoms with Crippen molar-refractivity contribution in [2.24, 2.45) is 17.6 Å². The molecule has 6 N–H and O–H groups in total. The molecule has 11 heteroatoms. The molecule has 1 amide bonds. The first kappa shape index (κ1) is 29.3. The number of ketones is 2. The summed E-state index contributed by atoms with van der Waals surface area (Å²) in [6.07, 6.45) is 0.225. The van der Waals surface area contributed by atoms with Crippen molar-refractivity contribution >= 4 is 23.2 Å². The number of likely N-dealkylation sites (N-methyl/N-ethyl adjacent to an activating group) is 1. The van der Waals surface area contributed by atoms with Crippen LogP contribution in [0.25, 0.3) is 16.9 Å². The van der Waals surface area contributed by atoms with E-state index in [1.165, 1.54) is 11.0 Å². The minimum Gasteiger partial charge on any atom is -0.508 e. The molecule has 2 aromatic carbocycles. The second-order valence-electron chi connectivity index (χ2n) is 11.7. The van der Waals surface area contributed by atoms with Crippen LogP contribution in [0.5, 0.6) is 11.5 Å². The molecule has 0 heterocycles. The summed E-state index contributed by atoms with van der Waals surface area (Å²) in [5.41, 5.74) is 4.81. The summed E-state index contributed by atoms with van der Waals surface area (Å²) in [6.45, 7) is 0.605. The van der Waals surface area contributed by atoms with Crippen LogP contribution in [0.4, 0.5) is 0 Å². The third-order valence-electron chi connectivity index (χ3n) is 8.68. The molecule has 11 nitrogen and oxygen atoms in total. The minimum absolute atomic E-state index is 0.0232. The fourth-order valence-electron chi connectivity index (χ4n) is 6.92. The van der Waals surface area contributed by atoms with Crippen LogP contribution in [-0.2, 0) is 27.3 Å². The Kier molecular flexibility index (Phi) is 7.16. The Labute approximate surface area is 243 Å². The predicted molar refractivity (Wildman–Crippen MR) is 154 cm³/mol. The van der Waals surface area contributed by atoms with E-state index in [1.54, 1.807) is 27.3 Å². The summed E-state index contributed by atoms with van der Waals surface area (Å²) < 4.78 is 5.54. The molecule has 0 bridgehead atoms. The number of ether oxygens (including phenoxy) is 1. The normalized spacial score (nSPS) is 25.5. The van der Waals surface area contributed by atoms with Crippen LogP contribution >= 0.6 is 0 Å². The molecule has 42 heavy (non-hydrogen) atoms. The van der Waals surface area contributed by atoms with E-state index in [0.29, 0.717) is 17.9 Å². The van der Waals surface area contributed by atoms with Gasteiger partial charge >= 0.3 is 0 Å². The molecule has 0 radical (unpaired) electrons. The van der Waals surface area contributed by atoms with Gasteiger partial charge in [0, 0.05) is 23.6 Å². The Balaban J connectivity index is 1.71. The number of phenolic OH excluding ortho intramolecular Hbond substituents is 1. The van der Waals surface area contributed by atoms with Crippen LogP contribution in [0.3, 0.4) is 0 Å². The van der Waals surface area contributed by atoms with E-state index in [0.717, 1.165) is 16.7 Å². The Bertz CT molecular complexity index is 1590. The number of carbonyl (C=O) groups is 3. The minimum atomic E-state index is -2.67. The van der Waals surface area contributed by atoms with E-state index in [2.05, 4.69) is 0 Å². The monoisotopic (exact) mass is 577 g/mol. The van der Waals surface area contributed by atoms with Gasteiger partial charge in [-0.1, -0.05) is 12.1 Å². The highest BCUT2D eigenvalue weighted by atomic mass is 16.5. The number of fused-ring (bicyclic) bond motifs is 3. The van der Waals surface area contributed by atoms with Crippen LogP contribution in [-0.4, -0.2) is 94.6 Å². The second kappa shape index (κ2) is 10.3. The van der Waals surface area contributed by atoms with Gasteiger partial charge in [-0.2, -0.15) is 0 Å². The van der Waals surface area contributed by atoms with Gasteiger partial charge in [-0.3, -0.25) is 19.3 Å². The molecule has 0 saturated heterocycles. The lowest BCUT2D eigenvalue weighted by Gasteiger charge is -2.50. The maximum atomic E-state index is 14.0. The number of methoxy groups -OCH3 is 1. The Morgan fingerprint density at radius 1 is 1.10 bits per heavy atom.